The maximum atomic E-state index is 5.29. The third-order valence-corrected chi connectivity index (χ3v) is 4.98. The summed E-state index contributed by atoms with van der Waals surface area (Å²) in [7, 11) is 3.35. The van der Waals surface area contributed by atoms with Gasteiger partial charge in [0.05, 0.1) is 25.6 Å². The van der Waals surface area contributed by atoms with E-state index in [-0.39, 0.29) is 0 Å². The van der Waals surface area contributed by atoms with Crippen LogP contribution in [0.4, 0.5) is 0 Å². The number of rotatable bonds is 5. The van der Waals surface area contributed by atoms with Crippen molar-refractivity contribution in [1.29, 1.82) is 0 Å². The molecule has 0 unspecified atom stereocenters. The molecule has 3 nitrogen and oxygen atoms in total. The van der Waals surface area contributed by atoms with Gasteiger partial charge in [-0.2, -0.15) is 0 Å². The number of hydrogen-bond acceptors (Lipinski definition) is 3. The predicted octanol–water partition coefficient (Wildman–Crippen LogP) is 6.41. The molecule has 29 heavy (non-hydrogen) atoms. The zero-order chi connectivity index (χ0) is 20.2. The average molecular weight is 381 g/mol. The summed E-state index contributed by atoms with van der Waals surface area (Å²) < 4.78 is 10.6. The molecule has 0 spiro atoms. The van der Waals surface area contributed by atoms with Crippen molar-refractivity contribution in [3.63, 3.8) is 0 Å². The second-order valence-corrected chi connectivity index (χ2v) is 6.95. The van der Waals surface area contributed by atoms with Crippen molar-refractivity contribution in [2.24, 2.45) is 0 Å². The summed E-state index contributed by atoms with van der Waals surface area (Å²) in [5, 5.41) is 0. The number of ether oxygens (including phenoxy) is 2. The predicted molar refractivity (Wildman–Crippen MR) is 118 cm³/mol. The van der Waals surface area contributed by atoms with Crippen molar-refractivity contribution in [2.45, 2.75) is 6.92 Å². The Morgan fingerprint density at radius 2 is 0.931 bits per heavy atom. The van der Waals surface area contributed by atoms with Gasteiger partial charge in [0.2, 0.25) is 0 Å². The minimum Gasteiger partial charge on any atom is -0.497 e. The molecule has 0 N–H and O–H groups in total. The molecule has 0 bridgehead atoms. The highest BCUT2D eigenvalue weighted by molar-refractivity contribution is 5.77. The lowest BCUT2D eigenvalue weighted by Crippen LogP contribution is -1.92. The SMILES string of the molecule is COc1ccc(-c2cc(-c3ccc(C)cc3)cc(-c3ccc(OC)cc3)n2)cc1. The van der Waals surface area contributed by atoms with Crippen LogP contribution in [-0.2, 0) is 0 Å². The monoisotopic (exact) mass is 381 g/mol. The molecule has 0 radical (unpaired) electrons. The van der Waals surface area contributed by atoms with Gasteiger partial charge in [0, 0.05) is 11.1 Å². The van der Waals surface area contributed by atoms with Crippen LogP contribution >= 0.6 is 0 Å². The maximum absolute atomic E-state index is 5.29. The van der Waals surface area contributed by atoms with Crippen LogP contribution in [0.15, 0.2) is 84.9 Å². The van der Waals surface area contributed by atoms with Gasteiger partial charge in [0.25, 0.3) is 0 Å². The molecular weight excluding hydrogens is 358 g/mol. The van der Waals surface area contributed by atoms with Crippen molar-refractivity contribution in [2.75, 3.05) is 14.2 Å². The van der Waals surface area contributed by atoms with E-state index in [0.29, 0.717) is 0 Å². The number of benzene rings is 3. The Bertz CT molecular complexity index is 1030. The van der Waals surface area contributed by atoms with Crippen LogP contribution in [0.1, 0.15) is 5.56 Å². The highest BCUT2D eigenvalue weighted by atomic mass is 16.5. The van der Waals surface area contributed by atoms with Gasteiger partial charge in [0.15, 0.2) is 0 Å². The molecule has 1 heterocycles. The summed E-state index contributed by atoms with van der Waals surface area (Å²) in [5.41, 5.74) is 7.50. The van der Waals surface area contributed by atoms with Crippen molar-refractivity contribution in [3.8, 4) is 45.1 Å². The van der Waals surface area contributed by atoms with Gasteiger partial charge in [-0.05, 0) is 78.7 Å². The lowest BCUT2D eigenvalue weighted by Gasteiger charge is -2.11. The standard InChI is InChI=1S/C26H23NO2/c1-18-4-6-19(7-5-18)22-16-25(20-8-12-23(28-2)13-9-20)27-26(17-22)21-10-14-24(29-3)15-11-21/h4-17H,1-3H3. The first-order valence-corrected chi connectivity index (χ1v) is 9.54. The molecule has 0 atom stereocenters. The van der Waals surface area contributed by atoms with Crippen LogP contribution < -0.4 is 9.47 Å². The summed E-state index contributed by atoms with van der Waals surface area (Å²) in [5.74, 6) is 1.66. The first-order valence-electron chi connectivity index (χ1n) is 9.54. The van der Waals surface area contributed by atoms with E-state index in [1.54, 1.807) is 14.2 Å². The molecule has 0 fully saturated rings. The van der Waals surface area contributed by atoms with Crippen LogP contribution in [0.2, 0.25) is 0 Å². The van der Waals surface area contributed by atoms with Gasteiger partial charge in [-0.15, -0.1) is 0 Å². The molecule has 0 saturated carbocycles. The number of nitrogens with zero attached hydrogens (tertiary/aromatic N) is 1. The third-order valence-electron chi connectivity index (χ3n) is 4.98. The molecule has 0 aliphatic rings. The zero-order valence-electron chi connectivity index (χ0n) is 16.8. The Kier molecular flexibility index (Phi) is 5.30. The quantitative estimate of drug-likeness (QED) is 0.400. The topological polar surface area (TPSA) is 31.4 Å². The van der Waals surface area contributed by atoms with E-state index < -0.39 is 0 Å². The second kappa shape index (κ2) is 8.19. The molecule has 0 amide bonds. The van der Waals surface area contributed by atoms with E-state index >= 15 is 0 Å². The van der Waals surface area contributed by atoms with Crippen molar-refractivity contribution < 1.29 is 9.47 Å². The van der Waals surface area contributed by atoms with Gasteiger partial charge in [0.1, 0.15) is 11.5 Å². The molecule has 4 aromatic rings. The summed E-state index contributed by atoms with van der Waals surface area (Å²) in [4.78, 5) is 4.95. The Labute approximate surface area is 171 Å². The minimum atomic E-state index is 0.832. The fraction of sp³-hybridized carbons (Fsp3) is 0.115. The molecule has 3 heteroatoms. The molecule has 3 aromatic carbocycles. The number of pyridine rings is 1. The van der Waals surface area contributed by atoms with Gasteiger partial charge >= 0.3 is 0 Å². The fourth-order valence-corrected chi connectivity index (χ4v) is 3.26. The first kappa shape index (κ1) is 18.8. The van der Waals surface area contributed by atoms with E-state index in [4.69, 9.17) is 14.5 Å². The van der Waals surface area contributed by atoms with Crippen LogP contribution in [0, 0.1) is 6.92 Å². The number of aromatic nitrogens is 1. The molecule has 0 aliphatic carbocycles. The molecule has 4 rings (SSSR count). The lowest BCUT2D eigenvalue weighted by atomic mass is 9.99. The first-order chi connectivity index (χ1) is 14.2. The van der Waals surface area contributed by atoms with E-state index in [2.05, 4.69) is 43.3 Å². The summed E-state index contributed by atoms with van der Waals surface area (Å²) in [6.07, 6.45) is 0. The summed E-state index contributed by atoms with van der Waals surface area (Å²) in [6, 6.07) is 28.9. The van der Waals surface area contributed by atoms with E-state index in [1.807, 2.05) is 48.5 Å². The zero-order valence-corrected chi connectivity index (χ0v) is 16.8. The minimum absolute atomic E-state index is 0.832. The van der Waals surface area contributed by atoms with E-state index in [1.165, 1.54) is 11.1 Å². The number of aryl methyl sites for hydroxylation is 1. The van der Waals surface area contributed by atoms with Crippen LogP contribution in [0.25, 0.3) is 33.6 Å². The molecule has 1 aromatic heterocycles. The summed E-state index contributed by atoms with van der Waals surface area (Å²) >= 11 is 0. The maximum Gasteiger partial charge on any atom is 0.118 e. The van der Waals surface area contributed by atoms with Crippen molar-refractivity contribution in [1.82, 2.24) is 4.98 Å². The average Bonchev–Trinajstić information content (AvgIpc) is 2.79. The Hall–Kier alpha value is -3.59. The normalized spacial score (nSPS) is 10.6. The van der Waals surface area contributed by atoms with Crippen molar-refractivity contribution in [3.05, 3.63) is 90.5 Å². The van der Waals surface area contributed by atoms with Crippen LogP contribution in [0.3, 0.4) is 0 Å². The largest absolute Gasteiger partial charge is 0.497 e. The Morgan fingerprint density at radius 1 is 0.517 bits per heavy atom. The van der Waals surface area contributed by atoms with E-state index in [0.717, 1.165) is 39.6 Å². The van der Waals surface area contributed by atoms with E-state index in [9.17, 15) is 0 Å². The Balaban J connectivity index is 1.84. The number of hydrogen-bond donors (Lipinski definition) is 0. The lowest BCUT2D eigenvalue weighted by molar-refractivity contribution is 0.415. The highest BCUT2D eigenvalue weighted by Gasteiger charge is 2.09. The molecule has 0 aliphatic heterocycles. The Morgan fingerprint density at radius 3 is 1.34 bits per heavy atom. The third kappa shape index (κ3) is 4.14. The molecule has 0 saturated heterocycles. The van der Waals surface area contributed by atoms with Gasteiger partial charge < -0.3 is 9.47 Å². The molecular formula is C26H23NO2. The fourth-order valence-electron chi connectivity index (χ4n) is 3.26. The number of methoxy groups -OCH3 is 2. The summed E-state index contributed by atoms with van der Waals surface area (Å²) in [6.45, 7) is 2.10. The second-order valence-electron chi connectivity index (χ2n) is 6.95. The smallest absolute Gasteiger partial charge is 0.118 e. The van der Waals surface area contributed by atoms with Crippen LogP contribution in [-0.4, -0.2) is 19.2 Å². The van der Waals surface area contributed by atoms with Gasteiger partial charge in [-0.25, -0.2) is 4.98 Å². The van der Waals surface area contributed by atoms with Gasteiger partial charge in [-0.3, -0.25) is 0 Å². The molecule has 144 valence electrons. The van der Waals surface area contributed by atoms with Crippen LogP contribution in [0.5, 0.6) is 11.5 Å². The van der Waals surface area contributed by atoms with Crippen molar-refractivity contribution >= 4 is 0 Å². The highest BCUT2D eigenvalue weighted by Crippen LogP contribution is 2.31. The van der Waals surface area contributed by atoms with Gasteiger partial charge in [-0.1, -0.05) is 29.8 Å².